The Kier molecular flexibility index (Phi) is 59.7. The molecule has 0 aromatic carbocycles. The molecule has 0 rings (SSSR count). The minimum absolute atomic E-state index is 0.0287. The van der Waals surface area contributed by atoms with Crippen LogP contribution in [0.3, 0.4) is 0 Å². The van der Waals surface area contributed by atoms with Crippen molar-refractivity contribution in [1.82, 2.24) is 5.32 Å². The molecule has 0 aromatic rings. The van der Waals surface area contributed by atoms with Gasteiger partial charge in [0, 0.05) is 12.8 Å². The molecule has 0 bridgehead atoms. The molecule has 1 N–H and O–H groups in total. The molecule has 0 saturated carbocycles. The Labute approximate surface area is 513 Å². The van der Waals surface area contributed by atoms with Crippen molar-refractivity contribution >= 4 is 19.7 Å². The van der Waals surface area contributed by atoms with Crippen molar-refractivity contribution in [2.24, 2.45) is 0 Å². The molecule has 0 aliphatic heterocycles. The Morgan fingerprint density at radius 2 is 0.771 bits per heavy atom. The maximum Gasteiger partial charge on any atom is 0.306 e. The number of amides is 1. The summed E-state index contributed by atoms with van der Waals surface area (Å²) in [6, 6.07) is -0.902. The van der Waals surface area contributed by atoms with Gasteiger partial charge in [0.2, 0.25) is 5.91 Å². The zero-order valence-corrected chi connectivity index (χ0v) is 55.8. The van der Waals surface area contributed by atoms with E-state index >= 15 is 0 Å². The number of rotatable bonds is 62. The summed E-state index contributed by atoms with van der Waals surface area (Å²) in [6.45, 7) is 6.73. The van der Waals surface area contributed by atoms with Gasteiger partial charge in [-0.3, -0.25) is 14.2 Å². The Hall–Kier alpha value is -3.07. The summed E-state index contributed by atoms with van der Waals surface area (Å²) in [5.41, 5.74) is 0. The van der Waals surface area contributed by atoms with E-state index in [-0.39, 0.29) is 24.9 Å². The molecule has 0 saturated heterocycles. The molecule has 480 valence electrons. The summed E-state index contributed by atoms with van der Waals surface area (Å²) in [7, 11) is 1.17. The standard InChI is InChI=1S/C73H131N2O7P/c1-7-10-13-16-19-22-25-28-30-32-34-35-36-37-38-39-41-43-45-48-51-54-57-60-63-66-73(77)82-71(64-61-58-55-52-49-46-27-24-21-18-15-12-9-3)70(69-81-83(78,79)80-68-67-75(4,5)6)74-72(76)65-62-59-56-53-50-47-44-42-40-33-31-29-26-23-20-17-14-11-8-2/h10,13,19,22,28-31,34-35,37-38,41,43,61,64,70-71H,7-9,11-12,14-18,20-21,23-27,32-33,36,39-40,42,44-60,62-63,65-69H2,1-6H3,(H-,74,76,78,79)/b13-10-,22-19-,30-28-,31-29+,35-34-,38-37-,43-41-,64-61-. The van der Waals surface area contributed by atoms with Crippen LogP contribution in [0.5, 0.6) is 0 Å². The van der Waals surface area contributed by atoms with Crippen LogP contribution in [0.1, 0.15) is 303 Å². The van der Waals surface area contributed by atoms with Gasteiger partial charge in [-0.25, -0.2) is 0 Å². The number of ether oxygens (including phenoxy) is 1. The first-order valence-electron chi connectivity index (χ1n) is 34.5. The summed E-state index contributed by atoms with van der Waals surface area (Å²) in [5, 5.41) is 3.04. The molecule has 1 amide bonds. The summed E-state index contributed by atoms with van der Waals surface area (Å²) < 4.78 is 30.4. The number of hydrogen-bond donors (Lipinski definition) is 1. The van der Waals surface area contributed by atoms with E-state index in [1.165, 1.54) is 141 Å². The van der Waals surface area contributed by atoms with Crippen molar-refractivity contribution in [2.45, 2.75) is 315 Å². The molecule has 0 heterocycles. The number of nitrogens with zero attached hydrogens (tertiary/aromatic N) is 1. The number of carbonyl (C=O) groups is 2. The molecule has 9 nitrogen and oxygen atoms in total. The molecule has 0 radical (unpaired) electrons. The molecule has 0 aliphatic carbocycles. The van der Waals surface area contributed by atoms with E-state index in [9.17, 15) is 19.0 Å². The maximum atomic E-state index is 13.6. The lowest BCUT2D eigenvalue weighted by Gasteiger charge is -2.30. The minimum atomic E-state index is -4.71. The normalized spacial score (nSPS) is 14.2. The number of esters is 1. The van der Waals surface area contributed by atoms with Crippen LogP contribution in [-0.4, -0.2) is 69.4 Å². The van der Waals surface area contributed by atoms with E-state index in [0.29, 0.717) is 23.9 Å². The van der Waals surface area contributed by atoms with Crippen molar-refractivity contribution in [3.8, 4) is 0 Å². The van der Waals surface area contributed by atoms with Crippen molar-refractivity contribution in [1.29, 1.82) is 0 Å². The molecule has 0 spiro atoms. The average molecular weight is 1180 g/mol. The fourth-order valence-corrected chi connectivity index (χ4v) is 10.4. The van der Waals surface area contributed by atoms with Gasteiger partial charge in [0.15, 0.2) is 0 Å². The number of phosphoric ester groups is 1. The molecule has 3 unspecified atom stereocenters. The second-order valence-electron chi connectivity index (χ2n) is 24.3. The van der Waals surface area contributed by atoms with E-state index in [1.54, 1.807) is 0 Å². The molecule has 0 aromatic heterocycles. The van der Waals surface area contributed by atoms with Crippen LogP contribution in [0, 0.1) is 0 Å². The number of carbonyl (C=O) groups excluding carboxylic acids is 2. The second kappa shape index (κ2) is 62.0. The number of likely N-dealkylation sites (N-methyl/N-ethyl adjacent to an activating group) is 1. The van der Waals surface area contributed by atoms with Crippen molar-refractivity contribution < 1.29 is 37.3 Å². The van der Waals surface area contributed by atoms with Gasteiger partial charge in [-0.1, -0.05) is 279 Å². The number of nitrogens with one attached hydrogen (secondary N) is 1. The highest BCUT2D eigenvalue weighted by Crippen LogP contribution is 2.38. The lowest BCUT2D eigenvalue weighted by atomic mass is 10.0. The third-order valence-electron chi connectivity index (χ3n) is 15.0. The summed E-state index contributed by atoms with van der Waals surface area (Å²) >= 11 is 0. The molecule has 0 aliphatic rings. The van der Waals surface area contributed by atoms with E-state index in [2.05, 4.69) is 111 Å². The molecule has 3 atom stereocenters. The molecular weight excluding hydrogens is 1050 g/mol. The van der Waals surface area contributed by atoms with Gasteiger partial charge in [-0.2, -0.15) is 0 Å². The fourth-order valence-electron chi connectivity index (χ4n) is 9.70. The van der Waals surface area contributed by atoms with Crippen LogP contribution in [-0.2, 0) is 27.9 Å². The Bertz CT molecular complexity index is 1740. The fraction of sp³-hybridized carbons (Fsp3) is 0.753. The SMILES string of the molecule is CC/C=C\C/C=C\C/C=C\C/C=C\C/C=C\C/C=C\CCCCCCCCC(=O)OC(/C=C\CCCCCCCCCCCCC)C(COP(=O)([O-])OCC[N+](C)(C)C)NC(=O)CCCCCCCCCCC/C=C/CCCCCCCC. The first-order chi connectivity index (χ1) is 40.4. The van der Waals surface area contributed by atoms with Gasteiger partial charge in [0.25, 0.3) is 7.82 Å². The number of quaternary nitrogens is 1. The highest BCUT2D eigenvalue weighted by Gasteiger charge is 2.27. The lowest BCUT2D eigenvalue weighted by molar-refractivity contribution is -0.870. The van der Waals surface area contributed by atoms with E-state index in [0.717, 1.165) is 122 Å². The third-order valence-corrected chi connectivity index (χ3v) is 16.0. The molecule has 83 heavy (non-hydrogen) atoms. The summed E-state index contributed by atoms with van der Waals surface area (Å²) in [5.74, 6) is -0.557. The number of unbranched alkanes of at least 4 members (excludes halogenated alkanes) is 32. The Morgan fingerprint density at radius 1 is 0.434 bits per heavy atom. The van der Waals surface area contributed by atoms with Crippen molar-refractivity contribution in [2.75, 3.05) is 40.9 Å². The van der Waals surface area contributed by atoms with Gasteiger partial charge in [0.05, 0.1) is 33.8 Å². The van der Waals surface area contributed by atoms with E-state index in [4.69, 9.17) is 13.8 Å². The second-order valence-corrected chi connectivity index (χ2v) is 25.7. The first kappa shape index (κ1) is 79.9. The summed E-state index contributed by atoms with van der Waals surface area (Å²) in [4.78, 5) is 40.2. The highest BCUT2D eigenvalue weighted by atomic mass is 31.2. The third kappa shape index (κ3) is 63.3. The number of hydrogen-bond acceptors (Lipinski definition) is 7. The van der Waals surface area contributed by atoms with Crippen LogP contribution >= 0.6 is 7.82 Å². The lowest BCUT2D eigenvalue weighted by Crippen LogP contribution is -2.47. The number of allylic oxidation sites excluding steroid dienone is 15. The molecule has 10 heteroatoms. The quantitative estimate of drug-likeness (QED) is 0.0212. The predicted molar refractivity (Wildman–Crippen MR) is 358 cm³/mol. The van der Waals surface area contributed by atoms with Crippen LogP contribution < -0.4 is 10.2 Å². The smallest absolute Gasteiger partial charge is 0.306 e. The Morgan fingerprint density at radius 3 is 1.17 bits per heavy atom. The monoisotopic (exact) mass is 1180 g/mol. The molecule has 0 fully saturated rings. The zero-order chi connectivity index (χ0) is 60.7. The minimum Gasteiger partial charge on any atom is -0.756 e. The predicted octanol–water partition coefficient (Wildman–Crippen LogP) is 21.3. The van der Waals surface area contributed by atoms with Gasteiger partial charge < -0.3 is 28.5 Å². The topological polar surface area (TPSA) is 114 Å². The van der Waals surface area contributed by atoms with E-state index in [1.807, 2.05) is 33.3 Å². The first-order valence-corrected chi connectivity index (χ1v) is 36.0. The zero-order valence-electron chi connectivity index (χ0n) is 54.9. The summed E-state index contributed by atoms with van der Waals surface area (Å²) in [6.07, 6.45) is 83.7. The van der Waals surface area contributed by atoms with E-state index < -0.39 is 26.6 Å². The van der Waals surface area contributed by atoms with Gasteiger partial charge in [-0.15, -0.1) is 0 Å². The Balaban J connectivity index is 5.20. The van der Waals surface area contributed by atoms with Crippen LogP contribution in [0.2, 0.25) is 0 Å². The highest BCUT2D eigenvalue weighted by molar-refractivity contribution is 7.45. The average Bonchev–Trinajstić information content (AvgIpc) is 3.46. The van der Waals surface area contributed by atoms with Crippen LogP contribution in [0.4, 0.5) is 0 Å². The van der Waals surface area contributed by atoms with Gasteiger partial charge in [-0.05, 0) is 109 Å². The van der Waals surface area contributed by atoms with Crippen molar-refractivity contribution in [3.63, 3.8) is 0 Å². The van der Waals surface area contributed by atoms with Crippen molar-refractivity contribution in [3.05, 3.63) is 97.2 Å². The maximum absolute atomic E-state index is 13.6. The van der Waals surface area contributed by atoms with Gasteiger partial charge >= 0.3 is 5.97 Å². The van der Waals surface area contributed by atoms with Crippen LogP contribution in [0.25, 0.3) is 0 Å². The van der Waals surface area contributed by atoms with Crippen LogP contribution in [0.15, 0.2) is 97.2 Å². The van der Waals surface area contributed by atoms with Gasteiger partial charge in [0.1, 0.15) is 19.3 Å². The molecular formula is C73H131N2O7P. The number of phosphoric acid groups is 1. The largest absolute Gasteiger partial charge is 0.756 e.